The Hall–Kier alpha value is -1.75. The van der Waals surface area contributed by atoms with Crippen LogP contribution in [0.5, 0.6) is 11.5 Å². The minimum absolute atomic E-state index is 0.0272. The van der Waals surface area contributed by atoms with Crippen molar-refractivity contribution < 1.29 is 19.2 Å². The van der Waals surface area contributed by atoms with E-state index in [9.17, 15) is 4.79 Å². The van der Waals surface area contributed by atoms with Crippen LogP contribution in [0.2, 0.25) is 0 Å². The molecule has 19 heavy (non-hydrogen) atoms. The average molecular weight is 267 g/mol. The third-order valence-corrected chi connectivity index (χ3v) is 3.33. The van der Waals surface area contributed by atoms with E-state index in [0.717, 1.165) is 16.2 Å². The molecule has 0 aliphatic heterocycles. The highest BCUT2D eigenvalue weighted by molar-refractivity contribution is 5.79. The van der Waals surface area contributed by atoms with Gasteiger partial charge in [0.05, 0.1) is 26.8 Å². The van der Waals surface area contributed by atoms with Crippen molar-refractivity contribution in [2.75, 3.05) is 28.3 Å². The van der Waals surface area contributed by atoms with Crippen molar-refractivity contribution in [2.45, 2.75) is 19.5 Å². The third kappa shape index (κ3) is 3.61. The lowest BCUT2D eigenvalue weighted by molar-refractivity contribution is -0.908. The molecule has 5 heteroatoms. The molecule has 0 saturated carbocycles. The molecule has 2 atom stereocenters. The highest BCUT2D eigenvalue weighted by Gasteiger charge is 2.22. The van der Waals surface area contributed by atoms with Crippen molar-refractivity contribution in [1.29, 1.82) is 0 Å². The quantitative estimate of drug-likeness (QED) is 0.754. The largest absolute Gasteiger partial charge is 0.493 e. The van der Waals surface area contributed by atoms with Crippen LogP contribution in [0.25, 0.3) is 0 Å². The van der Waals surface area contributed by atoms with Crippen LogP contribution >= 0.6 is 0 Å². The predicted octanol–water partition coefficient (Wildman–Crippen LogP) is -0.147. The molecular weight excluding hydrogens is 244 g/mol. The summed E-state index contributed by atoms with van der Waals surface area (Å²) in [5.74, 6) is 1.47. The molecule has 0 aliphatic rings. The van der Waals surface area contributed by atoms with Crippen molar-refractivity contribution in [3.8, 4) is 11.5 Å². The smallest absolute Gasteiger partial charge is 0.277 e. The fraction of sp³-hybridized carbons (Fsp3) is 0.500. The fourth-order valence-corrected chi connectivity index (χ4v) is 1.99. The summed E-state index contributed by atoms with van der Waals surface area (Å²) in [6.07, 6.45) is 0. The van der Waals surface area contributed by atoms with Gasteiger partial charge in [-0.15, -0.1) is 0 Å². The van der Waals surface area contributed by atoms with E-state index < -0.39 is 0 Å². The predicted molar refractivity (Wildman–Crippen MR) is 73.7 cm³/mol. The van der Waals surface area contributed by atoms with Gasteiger partial charge in [-0.2, -0.15) is 0 Å². The Morgan fingerprint density at radius 2 is 2.05 bits per heavy atom. The highest BCUT2D eigenvalue weighted by atomic mass is 16.5. The van der Waals surface area contributed by atoms with Crippen LogP contribution in [-0.2, 0) is 11.3 Å². The second-order valence-corrected chi connectivity index (χ2v) is 4.51. The molecule has 0 spiro atoms. The SMILES string of the molecule is CNC(=O)[C@@H](C)[NH+](C)Cc1cccc(OC)c1OC. The maximum Gasteiger partial charge on any atom is 0.277 e. The summed E-state index contributed by atoms with van der Waals surface area (Å²) in [6, 6.07) is 5.65. The first-order valence-corrected chi connectivity index (χ1v) is 6.28. The molecule has 0 aliphatic carbocycles. The molecule has 2 N–H and O–H groups in total. The molecule has 5 nitrogen and oxygen atoms in total. The van der Waals surface area contributed by atoms with Crippen LogP contribution < -0.4 is 19.7 Å². The summed E-state index contributed by atoms with van der Waals surface area (Å²) in [5.41, 5.74) is 1.02. The Morgan fingerprint density at radius 3 is 2.58 bits per heavy atom. The molecule has 1 aromatic carbocycles. The molecule has 1 amide bonds. The first kappa shape index (κ1) is 15.3. The molecule has 106 valence electrons. The van der Waals surface area contributed by atoms with Crippen LogP contribution in [0.15, 0.2) is 18.2 Å². The van der Waals surface area contributed by atoms with Crippen molar-refractivity contribution in [3.05, 3.63) is 23.8 Å². The van der Waals surface area contributed by atoms with Gasteiger partial charge in [0.25, 0.3) is 5.91 Å². The zero-order chi connectivity index (χ0) is 14.4. The van der Waals surface area contributed by atoms with E-state index in [-0.39, 0.29) is 11.9 Å². The van der Waals surface area contributed by atoms with E-state index in [4.69, 9.17) is 9.47 Å². The van der Waals surface area contributed by atoms with Gasteiger partial charge >= 0.3 is 0 Å². The number of likely N-dealkylation sites (N-methyl/N-ethyl adjacent to an activating group) is 2. The summed E-state index contributed by atoms with van der Waals surface area (Å²) in [6.45, 7) is 2.59. The molecule has 0 aromatic heterocycles. The normalized spacial score (nSPS) is 13.5. The number of benzene rings is 1. The molecular formula is C14H23N2O3+. The monoisotopic (exact) mass is 267 g/mol. The number of nitrogens with one attached hydrogen (secondary N) is 2. The van der Waals surface area contributed by atoms with Gasteiger partial charge in [0.15, 0.2) is 17.5 Å². The number of methoxy groups -OCH3 is 2. The van der Waals surface area contributed by atoms with Gasteiger partial charge in [-0.1, -0.05) is 6.07 Å². The van der Waals surface area contributed by atoms with Crippen LogP contribution in [-0.4, -0.2) is 40.3 Å². The minimum Gasteiger partial charge on any atom is -0.493 e. The summed E-state index contributed by atoms with van der Waals surface area (Å²) in [7, 11) is 6.88. The van der Waals surface area contributed by atoms with Crippen molar-refractivity contribution >= 4 is 5.91 Å². The van der Waals surface area contributed by atoms with Crippen LogP contribution in [0.1, 0.15) is 12.5 Å². The minimum atomic E-state index is -0.124. The van der Waals surface area contributed by atoms with E-state index in [1.807, 2.05) is 32.2 Å². The molecule has 0 fully saturated rings. The number of hydrogen-bond donors (Lipinski definition) is 2. The maximum absolute atomic E-state index is 11.6. The number of amides is 1. The van der Waals surface area contributed by atoms with Gasteiger partial charge < -0.3 is 19.7 Å². The van der Waals surface area contributed by atoms with E-state index in [1.54, 1.807) is 21.3 Å². The van der Waals surface area contributed by atoms with Crippen LogP contribution in [0.4, 0.5) is 0 Å². The number of rotatable bonds is 6. The van der Waals surface area contributed by atoms with E-state index in [1.165, 1.54) is 0 Å². The second-order valence-electron chi connectivity index (χ2n) is 4.51. The number of carbonyl (C=O) groups is 1. The topological polar surface area (TPSA) is 52.0 Å². The van der Waals surface area contributed by atoms with Crippen LogP contribution in [0.3, 0.4) is 0 Å². The number of carbonyl (C=O) groups excluding carboxylic acids is 1. The zero-order valence-corrected chi connectivity index (χ0v) is 12.2. The van der Waals surface area contributed by atoms with E-state index >= 15 is 0 Å². The summed E-state index contributed by atoms with van der Waals surface area (Å²) in [4.78, 5) is 12.7. The zero-order valence-electron chi connectivity index (χ0n) is 12.2. The molecule has 0 bridgehead atoms. The Morgan fingerprint density at radius 1 is 1.37 bits per heavy atom. The van der Waals surface area contributed by atoms with E-state index in [0.29, 0.717) is 12.3 Å². The van der Waals surface area contributed by atoms with Crippen molar-refractivity contribution in [3.63, 3.8) is 0 Å². The van der Waals surface area contributed by atoms with Crippen molar-refractivity contribution in [2.24, 2.45) is 0 Å². The molecule has 0 heterocycles. The Bertz CT molecular complexity index is 435. The van der Waals surface area contributed by atoms with Gasteiger partial charge in [0, 0.05) is 7.05 Å². The molecule has 1 rings (SSSR count). The van der Waals surface area contributed by atoms with Gasteiger partial charge in [-0.25, -0.2) is 0 Å². The number of ether oxygens (including phenoxy) is 2. The summed E-state index contributed by atoms with van der Waals surface area (Å²) < 4.78 is 10.7. The fourth-order valence-electron chi connectivity index (χ4n) is 1.99. The lowest BCUT2D eigenvalue weighted by Gasteiger charge is -2.21. The molecule has 1 unspecified atom stereocenters. The lowest BCUT2D eigenvalue weighted by atomic mass is 10.1. The third-order valence-electron chi connectivity index (χ3n) is 3.33. The molecule has 1 aromatic rings. The Kier molecular flexibility index (Phi) is 5.63. The Labute approximate surface area is 114 Å². The highest BCUT2D eigenvalue weighted by Crippen LogP contribution is 2.30. The number of para-hydroxylation sites is 1. The van der Waals surface area contributed by atoms with Crippen LogP contribution in [0, 0.1) is 0 Å². The van der Waals surface area contributed by atoms with E-state index in [2.05, 4.69) is 5.32 Å². The number of quaternary nitrogens is 1. The number of hydrogen-bond acceptors (Lipinski definition) is 3. The second kappa shape index (κ2) is 6.99. The molecule has 0 radical (unpaired) electrons. The molecule has 0 saturated heterocycles. The Balaban J connectivity index is 2.90. The first-order chi connectivity index (χ1) is 9.04. The lowest BCUT2D eigenvalue weighted by Crippen LogP contribution is -3.12. The van der Waals surface area contributed by atoms with Gasteiger partial charge in [0.2, 0.25) is 0 Å². The van der Waals surface area contributed by atoms with Gasteiger partial charge in [-0.3, -0.25) is 4.79 Å². The average Bonchev–Trinajstić information content (AvgIpc) is 2.44. The van der Waals surface area contributed by atoms with Gasteiger partial charge in [-0.05, 0) is 19.1 Å². The first-order valence-electron chi connectivity index (χ1n) is 6.28. The summed E-state index contributed by atoms with van der Waals surface area (Å²) in [5, 5.41) is 2.67. The van der Waals surface area contributed by atoms with Crippen molar-refractivity contribution in [1.82, 2.24) is 5.32 Å². The standard InChI is InChI=1S/C14H22N2O3/c1-10(14(17)15-2)16(3)9-11-7-6-8-12(18-4)13(11)19-5/h6-8,10H,9H2,1-5H3,(H,15,17)/p+1/t10-/m1/s1. The maximum atomic E-state index is 11.6. The summed E-state index contributed by atoms with van der Waals surface area (Å²) >= 11 is 0. The van der Waals surface area contributed by atoms with Gasteiger partial charge in [0.1, 0.15) is 6.54 Å².